The highest BCUT2D eigenvalue weighted by atomic mass is 28.4. The smallest absolute Gasteiger partial charge is 0.244 e. The van der Waals surface area contributed by atoms with Crippen molar-refractivity contribution in [2.75, 3.05) is 12.3 Å². The first kappa shape index (κ1) is 28.6. The van der Waals surface area contributed by atoms with E-state index in [2.05, 4.69) is 88.5 Å². The minimum absolute atomic E-state index is 0.182. The van der Waals surface area contributed by atoms with Gasteiger partial charge in [-0.3, -0.25) is 0 Å². The van der Waals surface area contributed by atoms with E-state index in [0.29, 0.717) is 12.5 Å². The van der Waals surface area contributed by atoms with Crippen LogP contribution >= 0.6 is 0 Å². The van der Waals surface area contributed by atoms with Crippen LogP contribution in [0.5, 0.6) is 5.88 Å². The zero-order chi connectivity index (χ0) is 25.4. The summed E-state index contributed by atoms with van der Waals surface area (Å²) in [6, 6.07) is 0. The highest BCUT2D eigenvalue weighted by Gasteiger charge is 2.51. The molecular weight excluding hydrogens is 487 g/mol. The molecule has 0 amide bonds. The molecule has 1 aliphatic rings. The Bertz CT molecular complexity index is 803. The maximum absolute atomic E-state index is 6.74. The molecule has 0 spiro atoms. The van der Waals surface area contributed by atoms with E-state index in [9.17, 15) is 0 Å². The minimum atomic E-state index is -1.96. The van der Waals surface area contributed by atoms with Crippen LogP contribution in [0.4, 0.5) is 5.95 Å². The normalized spacial score (nSPS) is 24.8. The molecule has 1 aromatic rings. The average Bonchev–Trinajstić information content (AvgIpc) is 2.85. The molecule has 8 nitrogen and oxygen atoms in total. The number of nitrogens with zero attached hydrogens (tertiary/aromatic N) is 2. The summed E-state index contributed by atoms with van der Waals surface area (Å²) in [6.45, 7) is 26.4. The van der Waals surface area contributed by atoms with Gasteiger partial charge in [-0.25, -0.2) is 4.98 Å². The van der Waals surface area contributed by atoms with E-state index in [-0.39, 0.29) is 24.3 Å². The zero-order valence-corrected chi connectivity index (χ0v) is 26.6. The zero-order valence-electron chi connectivity index (χ0n) is 22.6. The summed E-state index contributed by atoms with van der Waals surface area (Å²) in [7, 11) is -7.58. The van der Waals surface area contributed by atoms with Gasteiger partial charge in [0.1, 0.15) is 24.4 Å². The van der Waals surface area contributed by atoms with Gasteiger partial charge in [-0.15, -0.1) is 0 Å². The molecule has 2 N–H and O–H groups in total. The highest BCUT2D eigenvalue weighted by molar-refractivity contribution is 6.71. The lowest BCUT2D eigenvalue weighted by Gasteiger charge is -2.35. The van der Waals surface area contributed by atoms with Gasteiger partial charge in [0.05, 0.1) is 12.2 Å². The number of aromatic nitrogens is 2. The molecule has 2 heterocycles. The molecule has 1 aromatic heterocycles. The SMILES string of the molecule is C[Si](C)(C)OC[C@H]1O[C@@H](c2cnc(N)nc2O[Si](C)(C)C)C(O[Si](C)(C)C)[C@H]1O[Si](C)(C)C. The highest BCUT2D eigenvalue weighted by Crippen LogP contribution is 2.43. The van der Waals surface area contributed by atoms with E-state index >= 15 is 0 Å². The molecule has 4 atom stereocenters. The molecule has 0 saturated carbocycles. The third-order valence-electron chi connectivity index (χ3n) is 4.48. The summed E-state index contributed by atoms with van der Waals surface area (Å²) in [5.41, 5.74) is 6.69. The van der Waals surface area contributed by atoms with Gasteiger partial charge in [0.2, 0.25) is 20.1 Å². The van der Waals surface area contributed by atoms with E-state index in [4.69, 9.17) is 28.2 Å². The van der Waals surface area contributed by atoms with Gasteiger partial charge in [0, 0.05) is 6.20 Å². The first-order valence-corrected chi connectivity index (χ1v) is 25.3. The lowest BCUT2D eigenvalue weighted by atomic mass is 10.0. The van der Waals surface area contributed by atoms with Crippen LogP contribution in [0.3, 0.4) is 0 Å². The van der Waals surface area contributed by atoms with Crippen LogP contribution in [0.25, 0.3) is 0 Å². The molecule has 1 saturated heterocycles. The van der Waals surface area contributed by atoms with Gasteiger partial charge in [0.15, 0.2) is 25.0 Å². The van der Waals surface area contributed by atoms with Crippen molar-refractivity contribution in [3.8, 4) is 5.88 Å². The maximum Gasteiger partial charge on any atom is 0.244 e. The monoisotopic (exact) mass is 531 g/mol. The van der Waals surface area contributed by atoms with Crippen molar-refractivity contribution in [3.63, 3.8) is 0 Å². The van der Waals surface area contributed by atoms with Gasteiger partial charge in [-0.05, 0) is 78.6 Å². The molecule has 1 fully saturated rings. The molecule has 0 aliphatic carbocycles. The summed E-state index contributed by atoms with van der Waals surface area (Å²) in [4.78, 5) is 8.72. The van der Waals surface area contributed by atoms with Crippen molar-refractivity contribution >= 4 is 39.2 Å². The number of hydrogen-bond donors (Lipinski definition) is 1. The number of nitrogens with two attached hydrogens (primary N) is 1. The van der Waals surface area contributed by atoms with Crippen LogP contribution in [-0.4, -0.2) is 68.2 Å². The Morgan fingerprint density at radius 3 is 1.85 bits per heavy atom. The quantitative estimate of drug-likeness (QED) is 0.421. The predicted octanol–water partition coefficient (Wildman–Crippen LogP) is 5.00. The summed E-state index contributed by atoms with van der Waals surface area (Å²) in [5.74, 6) is 0.663. The standard InChI is InChI=1S/C21H45N3O5Si4/c1-30(2,3)25-14-16-18(27-31(4,5)6)19(28-32(7,8)9)17(26-16)15-13-23-21(22)24-20(15)29-33(10,11)12/h13,16-19H,14H2,1-12H3,(H2,22,23,24)/t16-,17+,18+,19?/m1/s1. The number of rotatable bonds is 10. The van der Waals surface area contributed by atoms with Crippen molar-refractivity contribution in [1.82, 2.24) is 9.97 Å². The van der Waals surface area contributed by atoms with Crippen LogP contribution in [0.15, 0.2) is 6.20 Å². The van der Waals surface area contributed by atoms with Gasteiger partial charge >= 0.3 is 0 Å². The second-order valence-electron chi connectivity index (χ2n) is 12.6. The molecule has 2 rings (SSSR count). The number of nitrogen functional groups attached to an aromatic ring is 1. The lowest BCUT2D eigenvalue weighted by molar-refractivity contribution is -0.0159. The Labute approximate surface area is 204 Å². The first-order valence-electron chi connectivity index (χ1n) is 11.7. The number of anilines is 1. The molecule has 1 aliphatic heterocycles. The summed E-state index contributed by atoms with van der Waals surface area (Å²) in [5, 5.41) is 0. The molecule has 1 unspecified atom stereocenters. The van der Waals surface area contributed by atoms with Crippen LogP contribution in [0.1, 0.15) is 11.7 Å². The largest absolute Gasteiger partial charge is 0.531 e. The van der Waals surface area contributed by atoms with Gasteiger partial charge in [-0.1, -0.05) is 0 Å². The number of ether oxygens (including phenoxy) is 1. The summed E-state index contributed by atoms with van der Waals surface area (Å²) >= 11 is 0. The van der Waals surface area contributed by atoms with Crippen molar-refractivity contribution < 1.29 is 22.4 Å². The third-order valence-corrected chi connectivity index (χ3v) is 8.28. The lowest BCUT2D eigenvalue weighted by Crippen LogP contribution is -2.48. The van der Waals surface area contributed by atoms with Crippen molar-refractivity contribution in [2.45, 2.75) is 103 Å². The fourth-order valence-electron chi connectivity index (χ4n) is 3.49. The van der Waals surface area contributed by atoms with Crippen molar-refractivity contribution in [2.24, 2.45) is 0 Å². The fraction of sp³-hybridized carbons (Fsp3) is 0.810. The third kappa shape index (κ3) is 9.51. The van der Waals surface area contributed by atoms with Crippen LogP contribution in [0, 0.1) is 0 Å². The molecule has 12 heteroatoms. The van der Waals surface area contributed by atoms with E-state index < -0.39 is 39.4 Å². The Morgan fingerprint density at radius 1 is 0.818 bits per heavy atom. The first-order chi connectivity index (χ1) is 14.7. The van der Waals surface area contributed by atoms with Crippen LogP contribution < -0.4 is 10.2 Å². The topological polar surface area (TPSA) is 98.0 Å². The predicted molar refractivity (Wildman–Crippen MR) is 144 cm³/mol. The maximum atomic E-state index is 6.74. The average molecular weight is 532 g/mol. The second kappa shape index (κ2) is 10.2. The minimum Gasteiger partial charge on any atom is -0.531 e. The molecule has 0 radical (unpaired) electrons. The Hall–Kier alpha value is -0.612. The van der Waals surface area contributed by atoms with Gasteiger partial charge < -0.3 is 28.2 Å². The molecule has 190 valence electrons. The summed E-state index contributed by atoms with van der Waals surface area (Å²) in [6.07, 6.45) is 0.473. The molecule has 33 heavy (non-hydrogen) atoms. The fourth-order valence-corrected chi connectivity index (χ4v) is 7.07. The molecular formula is C21H45N3O5Si4. The van der Waals surface area contributed by atoms with Crippen LogP contribution in [0.2, 0.25) is 78.6 Å². The van der Waals surface area contributed by atoms with Gasteiger partial charge in [-0.2, -0.15) is 4.98 Å². The molecule has 0 bridgehead atoms. The van der Waals surface area contributed by atoms with Gasteiger partial charge in [0.25, 0.3) is 0 Å². The Balaban J connectivity index is 2.54. The molecule has 0 aromatic carbocycles. The van der Waals surface area contributed by atoms with Crippen molar-refractivity contribution in [3.05, 3.63) is 11.8 Å². The van der Waals surface area contributed by atoms with Crippen LogP contribution in [-0.2, 0) is 18.0 Å². The van der Waals surface area contributed by atoms with E-state index in [1.165, 1.54) is 0 Å². The summed E-state index contributed by atoms with van der Waals surface area (Å²) < 4.78 is 32.7. The second-order valence-corrected chi connectivity index (χ2v) is 30.5. The Morgan fingerprint density at radius 2 is 1.36 bits per heavy atom. The van der Waals surface area contributed by atoms with Crippen molar-refractivity contribution in [1.29, 1.82) is 0 Å². The van der Waals surface area contributed by atoms with E-state index in [1.54, 1.807) is 6.20 Å². The number of hydrogen-bond acceptors (Lipinski definition) is 8. The Kier molecular flexibility index (Phi) is 8.82. The van der Waals surface area contributed by atoms with E-state index in [1.807, 2.05) is 0 Å². The van der Waals surface area contributed by atoms with E-state index in [0.717, 1.165) is 5.56 Å².